The van der Waals surface area contributed by atoms with Crippen molar-refractivity contribution >= 4 is 29.0 Å². The number of amides is 3. The number of benzene rings is 2. The molecule has 1 aromatic heterocycles. The number of carbonyl (C=O) groups is 2. The molecule has 0 bridgehead atoms. The van der Waals surface area contributed by atoms with Crippen molar-refractivity contribution < 1.29 is 23.5 Å². The SMILES string of the molecule is CCOc1ccc(NC(=O)N(CCN2CCOCC2)CC(=O)N(Cc2ccc(F)cc2)Cc2cccs2)cc1. The number of hydrogen-bond donors (Lipinski definition) is 1. The van der Waals surface area contributed by atoms with Crippen LogP contribution < -0.4 is 10.1 Å². The summed E-state index contributed by atoms with van der Waals surface area (Å²) in [5.74, 6) is 0.214. The highest BCUT2D eigenvalue weighted by Gasteiger charge is 2.23. The molecule has 3 amide bonds. The summed E-state index contributed by atoms with van der Waals surface area (Å²) < 4.78 is 24.4. The molecule has 39 heavy (non-hydrogen) atoms. The number of halogens is 1. The van der Waals surface area contributed by atoms with E-state index in [9.17, 15) is 14.0 Å². The van der Waals surface area contributed by atoms with E-state index in [1.165, 1.54) is 12.1 Å². The molecule has 0 saturated carbocycles. The van der Waals surface area contributed by atoms with Crippen molar-refractivity contribution in [1.82, 2.24) is 14.7 Å². The Morgan fingerprint density at radius 3 is 2.44 bits per heavy atom. The summed E-state index contributed by atoms with van der Waals surface area (Å²) in [5.41, 5.74) is 1.44. The van der Waals surface area contributed by atoms with E-state index in [1.807, 2.05) is 24.4 Å². The molecule has 0 unspecified atom stereocenters. The van der Waals surface area contributed by atoms with E-state index < -0.39 is 0 Å². The van der Waals surface area contributed by atoms with Gasteiger partial charge in [-0.25, -0.2) is 9.18 Å². The molecular formula is C29H35FN4O4S. The third-order valence-corrected chi connectivity index (χ3v) is 7.25. The van der Waals surface area contributed by atoms with Gasteiger partial charge in [-0.3, -0.25) is 9.69 Å². The Bertz CT molecular complexity index is 1170. The molecule has 1 aliphatic rings. The van der Waals surface area contributed by atoms with Gasteiger partial charge >= 0.3 is 6.03 Å². The van der Waals surface area contributed by atoms with Crippen LogP contribution in [0.4, 0.5) is 14.9 Å². The zero-order valence-electron chi connectivity index (χ0n) is 22.2. The van der Waals surface area contributed by atoms with Gasteiger partial charge in [0.25, 0.3) is 0 Å². The fourth-order valence-corrected chi connectivity index (χ4v) is 4.96. The van der Waals surface area contributed by atoms with Crippen molar-refractivity contribution in [2.75, 3.05) is 57.9 Å². The number of nitrogens with zero attached hydrogens (tertiary/aromatic N) is 3. The normalized spacial score (nSPS) is 13.6. The lowest BCUT2D eigenvalue weighted by atomic mass is 10.2. The Morgan fingerprint density at radius 1 is 1.03 bits per heavy atom. The van der Waals surface area contributed by atoms with Crippen LogP contribution in [0, 0.1) is 5.82 Å². The first-order valence-electron chi connectivity index (χ1n) is 13.1. The van der Waals surface area contributed by atoms with Crippen molar-refractivity contribution in [3.05, 3.63) is 82.3 Å². The van der Waals surface area contributed by atoms with Gasteiger partial charge in [0.2, 0.25) is 5.91 Å². The standard InChI is InChI=1S/C29H35FN4O4S/c1-2-38-26-11-9-25(10-12-26)31-29(36)33(14-13-32-15-17-37-18-16-32)22-28(35)34(21-27-4-3-19-39-27)20-23-5-7-24(30)8-6-23/h3-12,19H,2,13-18,20-22H2,1H3,(H,31,36). The molecule has 1 N–H and O–H groups in total. The van der Waals surface area contributed by atoms with Gasteiger partial charge in [0, 0.05) is 43.3 Å². The second-order valence-corrected chi connectivity index (χ2v) is 10.3. The van der Waals surface area contributed by atoms with Gasteiger partial charge in [0.05, 0.1) is 26.4 Å². The van der Waals surface area contributed by atoms with Crippen molar-refractivity contribution in [3.8, 4) is 5.75 Å². The number of urea groups is 1. The number of thiophene rings is 1. The third kappa shape index (κ3) is 9.05. The summed E-state index contributed by atoms with van der Waals surface area (Å²) in [6.45, 7) is 7.02. The highest BCUT2D eigenvalue weighted by molar-refractivity contribution is 7.09. The monoisotopic (exact) mass is 554 g/mol. The number of carbonyl (C=O) groups excluding carboxylic acids is 2. The summed E-state index contributed by atoms with van der Waals surface area (Å²) in [4.78, 5) is 33.6. The van der Waals surface area contributed by atoms with Crippen molar-refractivity contribution in [3.63, 3.8) is 0 Å². The zero-order valence-corrected chi connectivity index (χ0v) is 23.0. The first-order chi connectivity index (χ1) is 19.0. The highest BCUT2D eigenvalue weighted by atomic mass is 32.1. The van der Waals surface area contributed by atoms with Crippen LogP contribution in [-0.2, 0) is 22.6 Å². The first-order valence-corrected chi connectivity index (χ1v) is 14.0. The molecule has 1 saturated heterocycles. The number of anilines is 1. The van der Waals surface area contributed by atoms with Crippen LogP contribution in [0.5, 0.6) is 5.75 Å². The molecule has 1 fully saturated rings. The summed E-state index contributed by atoms with van der Waals surface area (Å²) >= 11 is 1.57. The molecule has 0 spiro atoms. The maximum Gasteiger partial charge on any atom is 0.322 e. The second kappa shape index (κ2) is 14.6. The molecule has 10 heteroatoms. The molecule has 1 aliphatic heterocycles. The van der Waals surface area contributed by atoms with Crippen LogP contribution in [-0.4, -0.2) is 79.2 Å². The zero-order chi connectivity index (χ0) is 27.5. The minimum absolute atomic E-state index is 0.0836. The topological polar surface area (TPSA) is 74.4 Å². The lowest BCUT2D eigenvalue weighted by molar-refractivity contribution is -0.133. The minimum Gasteiger partial charge on any atom is -0.494 e. The molecule has 0 atom stereocenters. The van der Waals surface area contributed by atoms with E-state index in [0.717, 1.165) is 29.3 Å². The molecule has 4 rings (SSSR count). The number of ether oxygens (including phenoxy) is 2. The molecule has 2 aromatic carbocycles. The van der Waals surface area contributed by atoms with Gasteiger partial charge in [-0.1, -0.05) is 18.2 Å². The summed E-state index contributed by atoms with van der Waals surface area (Å²) in [7, 11) is 0. The number of morpholine rings is 1. The summed E-state index contributed by atoms with van der Waals surface area (Å²) in [6.07, 6.45) is 0. The van der Waals surface area contributed by atoms with Gasteiger partial charge in [0.1, 0.15) is 18.1 Å². The molecule has 2 heterocycles. The maximum atomic E-state index is 13.7. The third-order valence-electron chi connectivity index (χ3n) is 6.39. The molecule has 8 nitrogen and oxygen atoms in total. The lowest BCUT2D eigenvalue weighted by Gasteiger charge is -2.31. The number of rotatable bonds is 12. The fraction of sp³-hybridized carbons (Fsp3) is 0.379. The predicted molar refractivity (Wildman–Crippen MR) is 150 cm³/mol. The summed E-state index contributed by atoms with van der Waals surface area (Å²) in [6, 6.07) is 16.9. The van der Waals surface area contributed by atoms with Crippen LogP contribution in [0.1, 0.15) is 17.4 Å². The van der Waals surface area contributed by atoms with E-state index in [0.29, 0.717) is 51.7 Å². The number of hydrogen-bond acceptors (Lipinski definition) is 6. The Kier molecular flexibility index (Phi) is 10.7. The number of nitrogens with one attached hydrogen (secondary N) is 1. The largest absolute Gasteiger partial charge is 0.494 e. The van der Waals surface area contributed by atoms with Crippen LogP contribution in [0.3, 0.4) is 0 Å². The molecular weight excluding hydrogens is 519 g/mol. The van der Waals surface area contributed by atoms with E-state index in [-0.39, 0.29) is 24.3 Å². The van der Waals surface area contributed by atoms with Crippen LogP contribution >= 0.6 is 11.3 Å². The van der Waals surface area contributed by atoms with Gasteiger partial charge in [0.15, 0.2) is 0 Å². The maximum absolute atomic E-state index is 13.7. The predicted octanol–water partition coefficient (Wildman–Crippen LogP) is 4.68. The van der Waals surface area contributed by atoms with Crippen LogP contribution in [0.25, 0.3) is 0 Å². The van der Waals surface area contributed by atoms with Gasteiger partial charge in [-0.15, -0.1) is 11.3 Å². The Hall–Kier alpha value is -3.47. The van der Waals surface area contributed by atoms with Crippen LogP contribution in [0.15, 0.2) is 66.0 Å². The summed E-state index contributed by atoms with van der Waals surface area (Å²) in [5, 5.41) is 4.89. The smallest absolute Gasteiger partial charge is 0.322 e. The van der Waals surface area contributed by atoms with Gasteiger partial charge in [-0.2, -0.15) is 0 Å². The first kappa shape index (κ1) is 28.5. The molecule has 3 aromatic rings. The lowest BCUT2D eigenvalue weighted by Crippen LogP contribution is -2.48. The quantitative estimate of drug-likeness (QED) is 0.352. The Balaban J connectivity index is 1.47. The average molecular weight is 555 g/mol. The second-order valence-electron chi connectivity index (χ2n) is 9.22. The van der Waals surface area contributed by atoms with Crippen molar-refractivity contribution in [2.24, 2.45) is 0 Å². The highest BCUT2D eigenvalue weighted by Crippen LogP contribution is 2.18. The minimum atomic E-state index is -0.348. The van der Waals surface area contributed by atoms with Crippen molar-refractivity contribution in [1.29, 1.82) is 0 Å². The van der Waals surface area contributed by atoms with Crippen LogP contribution in [0.2, 0.25) is 0 Å². The average Bonchev–Trinajstić information content (AvgIpc) is 3.47. The fourth-order valence-electron chi connectivity index (χ4n) is 4.24. The van der Waals surface area contributed by atoms with E-state index >= 15 is 0 Å². The van der Waals surface area contributed by atoms with E-state index in [2.05, 4.69) is 10.2 Å². The van der Waals surface area contributed by atoms with Gasteiger partial charge < -0.3 is 24.6 Å². The van der Waals surface area contributed by atoms with Gasteiger partial charge in [-0.05, 0) is 60.3 Å². The van der Waals surface area contributed by atoms with E-state index in [4.69, 9.17) is 9.47 Å². The molecule has 208 valence electrons. The Labute approximate surface area is 232 Å². The van der Waals surface area contributed by atoms with E-state index in [1.54, 1.807) is 57.5 Å². The Morgan fingerprint density at radius 2 is 1.77 bits per heavy atom. The molecule has 0 aliphatic carbocycles. The van der Waals surface area contributed by atoms with Crippen molar-refractivity contribution in [2.45, 2.75) is 20.0 Å². The molecule has 0 radical (unpaired) electrons.